The van der Waals surface area contributed by atoms with E-state index in [2.05, 4.69) is 11.4 Å². The van der Waals surface area contributed by atoms with Gasteiger partial charge in [-0.2, -0.15) is 0 Å². The molecule has 0 saturated carbocycles. The van der Waals surface area contributed by atoms with Gasteiger partial charge in [-0.1, -0.05) is 18.2 Å². The molecule has 0 aromatic heterocycles. The number of ether oxygens (including phenoxy) is 3. The molecule has 0 spiro atoms. The molecule has 1 unspecified atom stereocenters. The molecule has 1 amide bonds. The molecule has 5 heteroatoms. The van der Waals surface area contributed by atoms with E-state index in [1.807, 2.05) is 37.3 Å². The molecule has 0 bridgehead atoms. The van der Waals surface area contributed by atoms with Crippen molar-refractivity contribution in [3.63, 3.8) is 0 Å². The van der Waals surface area contributed by atoms with Crippen molar-refractivity contribution < 1.29 is 19.0 Å². The average Bonchev–Trinajstić information content (AvgIpc) is 2.71. The summed E-state index contributed by atoms with van der Waals surface area (Å²) in [5, 5.41) is 2.99. The Kier molecular flexibility index (Phi) is 5.19. The second kappa shape index (κ2) is 7.91. The van der Waals surface area contributed by atoms with Gasteiger partial charge >= 0.3 is 0 Å². The van der Waals surface area contributed by atoms with E-state index in [0.29, 0.717) is 13.2 Å². The Labute approximate surface area is 159 Å². The maximum Gasteiger partial charge on any atom is 0.258 e. The Morgan fingerprint density at radius 1 is 1.11 bits per heavy atom. The lowest BCUT2D eigenvalue weighted by Gasteiger charge is -2.21. The molecule has 1 aliphatic heterocycles. The number of carbonyl (C=O) groups excluding carboxylic acids is 1. The van der Waals surface area contributed by atoms with Crippen LogP contribution in [0.3, 0.4) is 0 Å². The number of hydrogen-bond acceptors (Lipinski definition) is 4. The first-order valence-corrected chi connectivity index (χ1v) is 9.63. The summed E-state index contributed by atoms with van der Waals surface area (Å²) in [6.07, 6.45) is 4.53. The first kappa shape index (κ1) is 17.7. The van der Waals surface area contributed by atoms with Crippen LogP contribution in [-0.4, -0.2) is 25.7 Å². The molecule has 1 heterocycles. The van der Waals surface area contributed by atoms with Gasteiger partial charge in [-0.05, 0) is 67.5 Å². The second-order valence-corrected chi connectivity index (χ2v) is 7.08. The summed E-state index contributed by atoms with van der Waals surface area (Å²) in [6, 6.07) is 11.8. The predicted octanol–water partition coefficient (Wildman–Crippen LogP) is 3.59. The largest absolute Gasteiger partial charge is 0.486 e. The quantitative estimate of drug-likeness (QED) is 0.877. The number of carbonyl (C=O) groups is 1. The molecular formula is C22H25NO4. The van der Waals surface area contributed by atoms with Crippen molar-refractivity contribution in [1.82, 2.24) is 5.32 Å². The van der Waals surface area contributed by atoms with Gasteiger partial charge in [-0.3, -0.25) is 4.79 Å². The molecule has 2 aromatic carbocycles. The van der Waals surface area contributed by atoms with Crippen molar-refractivity contribution >= 4 is 5.91 Å². The van der Waals surface area contributed by atoms with E-state index < -0.39 is 0 Å². The molecule has 2 aliphatic rings. The van der Waals surface area contributed by atoms with Crippen LogP contribution >= 0.6 is 0 Å². The zero-order valence-electron chi connectivity index (χ0n) is 15.6. The summed E-state index contributed by atoms with van der Waals surface area (Å²) >= 11 is 0. The first-order valence-electron chi connectivity index (χ1n) is 9.63. The summed E-state index contributed by atoms with van der Waals surface area (Å²) in [5.74, 6) is 2.19. The van der Waals surface area contributed by atoms with Gasteiger partial charge in [0.1, 0.15) is 19.0 Å². The summed E-state index contributed by atoms with van der Waals surface area (Å²) in [7, 11) is 0. The third kappa shape index (κ3) is 4.02. The monoisotopic (exact) mass is 367 g/mol. The number of aryl methyl sites for hydroxylation is 1. The Balaban J connectivity index is 1.36. The van der Waals surface area contributed by atoms with Gasteiger partial charge in [0, 0.05) is 0 Å². The smallest absolute Gasteiger partial charge is 0.258 e. The van der Waals surface area contributed by atoms with Gasteiger partial charge in [0.25, 0.3) is 5.91 Å². The van der Waals surface area contributed by atoms with Gasteiger partial charge in [-0.25, -0.2) is 0 Å². The second-order valence-electron chi connectivity index (χ2n) is 7.08. The minimum atomic E-state index is -0.137. The normalized spacial score (nSPS) is 16.2. The molecule has 1 atom stereocenters. The van der Waals surface area contributed by atoms with E-state index in [0.717, 1.165) is 35.7 Å². The fourth-order valence-electron chi connectivity index (χ4n) is 3.72. The number of fused-ring (bicyclic) bond motifs is 2. The van der Waals surface area contributed by atoms with Gasteiger partial charge < -0.3 is 19.5 Å². The lowest BCUT2D eigenvalue weighted by molar-refractivity contribution is -0.123. The topological polar surface area (TPSA) is 56.8 Å². The summed E-state index contributed by atoms with van der Waals surface area (Å²) in [6.45, 7) is 3.09. The minimum Gasteiger partial charge on any atom is -0.486 e. The highest BCUT2D eigenvalue weighted by molar-refractivity contribution is 5.78. The molecule has 2 aromatic rings. The third-order valence-corrected chi connectivity index (χ3v) is 5.16. The Morgan fingerprint density at radius 3 is 2.81 bits per heavy atom. The van der Waals surface area contributed by atoms with Crippen LogP contribution in [0.5, 0.6) is 17.2 Å². The van der Waals surface area contributed by atoms with Crippen LogP contribution in [0.2, 0.25) is 0 Å². The molecule has 4 rings (SSSR count). The van der Waals surface area contributed by atoms with E-state index in [9.17, 15) is 4.79 Å². The zero-order chi connectivity index (χ0) is 18.6. The van der Waals surface area contributed by atoms with E-state index in [1.165, 1.54) is 24.0 Å². The van der Waals surface area contributed by atoms with Crippen molar-refractivity contribution in [2.75, 3.05) is 19.8 Å². The molecule has 27 heavy (non-hydrogen) atoms. The third-order valence-electron chi connectivity index (χ3n) is 5.16. The summed E-state index contributed by atoms with van der Waals surface area (Å²) in [5.41, 5.74) is 3.59. The summed E-state index contributed by atoms with van der Waals surface area (Å²) < 4.78 is 17.0. The van der Waals surface area contributed by atoms with Crippen LogP contribution < -0.4 is 19.5 Å². The van der Waals surface area contributed by atoms with Crippen LogP contribution in [0.25, 0.3) is 0 Å². The number of rotatable bonds is 5. The molecular weight excluding hydrogens is 342 g/mol. The number of nitrogens with one attached hydrogen (secondary N) is 1. The molecule has 5 nitrogen and oxygen atoms in total. The van der Waals surface area contributed by atoms with Crippen LogP contribution in [0.15, 0.2) is 36.4 Å². The lowest BCUT2D eigenvalue weighted by Crippen LogP contribution is -2.31. The van der Waals surface area contributed by atoms with E-state index in [1.54, 1.807) is 0 Å². The van der Waals surface area contributed by atoms with E-state index in [4.69, 9.17) is 14.2 Å². The van der Waals surface area contributed by atoms with Gasteiger partial charge in [-0.15, -0.1) is 0 Å². The molecule has 0 saturated heterocycles. The SMILES string of the molecule is CC(NC(=O)COc1cccc2c1CCCC2)c1ccc2c(c1)OCCO2. The molecule has 0 fully saturated rings. The van der Waals surface area contributed by atoms with Gasteiger partial charge in [0.05, 0.1) is 6.04 Å². The fourth-order valence-corrected chi connectivity index (χ4v) is 3.72. The fraction of sp³-hybridized carbons (Fsp3) is 0.409. The number of amides is 1. The molecule has 1 N–H and O–H groups in total. The highest BCUT2D eigenvalue weighted by atomic mass is 16.6. The lowest BCUT2D eigenvalue weighted by atomic mass is 9.91. The van der Waals surface area contributed by atoms with E-state index >= 15 is 0 Å². The maximum absolute atomic E-state index is 12.4. The van der Waals surface area contributed by atoms with Crippen LogP contribution in [0.1, 0.15) is 42.5 Å². The highest BCUT2D eigenvalue weighted by Crippen LogP contribution is 2.33. The number of benzene rings is 2. The minimum absolute atomic E-state index is 0.0192. The van der Waals surface area contributed by atoms with Crippen LogP contribution in [0, 0.1) is 0 Å². The van der Waals surface area contributed by atoms with Crippen molar-refractivity contribution in [3.8, 4) is 17.2 Å². The Bertz CT molecular complexity index is 833. The molecule has 0 radical (unpaired) electrons. The zero-order valence-corrected chi connectivity index (χ0v) is 15.6. The Morgan fingerprint density at radius 2 is 1.93 bits per heavy atom. The van der Waals surface area contributed by atoms with Crippen molar-refractivity contribution in [2.24, 2.45) is 0 Å². The molecule has 142 valence electrons. The van der Waals surface area contributed by atoms with Crippen molar-refractivity contribution in [1.29, 1.82) is 0 Å². The van der Waals surface area contributed by atoms with Crippen molar-refractivity contribution in [3.05, 3.63) is 53.1 Å². The number of hydrogen-bond donors (Lipinski definition) is 1. The predicted molar refractivity (Wildman–Crippen MR) is 103 cm³/mol. The standard InChI is InChI=1S/C22H25NO4/c1-15(17-9-10-20-21(13-17)26-12-11-25-20)23-22(24)14-27-19-8-4-6-16-5-2-3-7-18(16)19/h4,6,8-10,13,15H,2-3,5,7,11-12,14H2,1H3,(H,23,24). The maximum atomic E-state index is 12.4. The first-order chi connectivity index (χ1) is 13.2. The van der Waals surface area contributed by atoms with Crippen molar-refractivity contribution in [2.45, 2.75) is 38.6 Å². The van der Waals surface area contributed by atoms with Gasteiger partial charge in [0.2, 0.25) is 0 Å². The summed E-state index contributed by atoms with van der Waals surface area (Å²) in [4.78, 5) is 12.4. The average molecular weight is 367 g/mol. The highest BCUT2D eigenvalue weighted by Gasteiger charge is 2.17. The Hall–Kier alpha value is -2.69. The van der Waals surface area contributed by atoms with Crippen LogP contribution in [-0.2, 0) is 17.6 Å². The van der Waals surface area contributed by atoms with Crippen LogP contribution in [0.4, 0.5) is 0 Å². The molecule has 1 aliphatic carbocycles. The van der Waals surface area contributed by atoms with E-state index in [-0.39, 0.29) is 18.6 Å². The van der Waals surface area contributed by atoms with Gasteiger partial charge in [0.15, 0.2) is 18.1 Å².